The smallest absolute Gasteiger partial charge is 0.238 e. The fourth-order valence-electron chi connectivity index (χ4n) is 9.50. The van der Waals surface area contributed by atoms with E-state index < -0.39 is 0 Å². The molecule has 0 amide bonds. The average Bonchev–Trinajstić information content (AvgIpc) is 3.88. The fraction of sp³-hybridized carbons (Fsp3) is 0.136. The van der Waals surface area contributed by atoms with Gasteiger partial charge in [-0.1, -0.05) is 160 Å². The second-order valence-corrected chi connectivity index (χ2v) is 16.9. The lowest BCUT2D eigenvalue weighted by atomic mass is 9.98. The molecule has 0 saturated heterocycles. The van der Waals surface area contributed by atoms with Crippen molar-refractivity contribution in [1.82, 2.24) is 24.1 Å². The molecule has 0 radical (unpaired) electrons. The highest BCUT2D eigenvalue weighted by atomic mass is 15.2. The van der Waals surface area contributed by atoms with E-state index in [9.17, 15) is 0 Å². The molecule has 11 rings (SSSR count). The standard InChI is InChI=1S/C59H49N5/c1-3-5-18-40-30-33-52-50(36-40)49-32-35-54-55(51-37-41(19-6-4-2)31-34-53(51)63(54)48-28-14-9-15-29-48)56(49)64(52)59-61-57(43-22-12-8-13-23-43)60-58(62-59)47-27-17-26-46(39-47)45-25-16-24-44(38-45)42-20-10-7-11-21-42/h7-17,20-39H,3-6,18-19H2,1-2H3. The van der Waals surface area contributed by atoms with Gasteiger partial charge in [0.05, 0.1) is 22.1 Å². The second-order valence-electron chi connectivity index (χ2n) is 16.9. The van der Waals surface area contributed by atoms with Gasteiger partial charge in [-0.15, -0.1) is 0 Å². The van der Waals surface area contributed by atoms with Crippen LogP contribution in [-0.2, 0) is 12.8 Å². The summed E-state index contributed by atoms with van der Waals surface area (Å²) < 4.78 is 4.75. The number of aromatic nitrogens is 5. The predicted octanol–water partition coefficient (Wildman–Crippen LogP) is 15.4. The van der Waals surface area contributed by atoms with E-state index in [1.165, 1.54) is 49.3 Å². The second kappa shape index (κ2) is 16.9. The Bertz CT molecular complexity index is 3460. The van der Waals surface area contributed by atoms with Crippen molar-refractivity contribution in [2.45, 2.75) is 52.4 Å². The molecule has 0 saturated carbocycles. The molecule has 0 aliphatic heterocycles. The summed E-state index contributed by atoms with van der Waals surface area (Å²) in [5.74, 6) is 1.85. The van der Waals surface area contributed by atoms with Gasteiger partial charge in [0.2, 0.25) is 5.95 Å². The molecular weight excluding hydrogens is 779 g/mol. The van der Waals surface area contributed by atoms with Gasteiger partial charge in [0.1, 0.15) is 0 Å². The van der Waals surface area contributed by atoms with Crippen LogP contribution in [0.15, 0.2) is 188 Å². The Balaban J connectivity index is 1.20. The zero-order chi connectivity index (χ0) is 43.0. The van der Waals surface area contributed by atoms with Crippen molar-refractivity contribution >= 4 is 43.6 Å². The minimum absolute atomic E-state index is 0.594. The zero-order valence-electron chi connectivity index (χ0n) is 36.4. The average molecular weight is 828 g/mol. The van der Waals surface area contributed by atoms with Crippen LogP contribution in [0.25, 0.3) is 100 Å². The third kappa shape index (κ3) is 7.13. The largest absolute Gasteiger partial charge is 0.309 e. The Labute approximate surface area is 374 Å². The molecule has 5 nitrogen and oxygen atoms in total. The molecule has 0 N–H and O–H groups in total. The first-order valence-corrected chi connectivity index (χ1v) is 22.8. The van der Waals surface area contributed by atoms with Gasteiger partial charge in [-0.2, -0.15) is 9.97 Å². The molecule has 0 bridgehead atoms. The van der Waals surface area contributed by atoms with Crippen molar-refractivity contribution in [3.63, 3.8) is 0 Å². The van der Waals surface area contributed by atoms with Crippen LogP contribution in [0.2, 0.25) is 0 Å². The molecule has 310 valence electrons. The van der Waals surface area contributed by atoms with Crippen molar-refractivity contribution in [3.05, 3.63) is 199 Å². The number of rotatable bonds is 12. The van der Waals surface area contributed by atoms with Gasteiger partial charge in [-0.3, -0.25) is 4.57 Å². The van der Waals surface area contributed by atoms with E-state index in [0.717, 1.165) is 83.0 Å². The third-order valence-electron chi connectivity index (χ3n) is 12.7. The Hall–Kier alpha value is -7.63. The number of unbranched alkanes of at least 4 members (excludes halogenated alkanes) is 2. The first-order valence-electron chi connectivity index (χ1n) is 22.8. The normalized spacial score (nSPS) is 11.7. The molecule has 64 heavy (non-hydrogen) atoms. The minimum Gasteiger partial charge on any atom is -0.309 e. The van der Waals surface area contributed by atoms with Gasteiger partial charge in [-0.05, 0) is 114 Å². The Morgan fingerprint density at radius 2 is 0.875 bits per heavy atom. The molecule has 11 aromatic rings. The lowest BCUT2D eigenvalue weighted by Crippen LogP contribution is -2.06. The van der Waals surface area contributed by atoms with Gasteiger partial charge in [-0.25, -0.2) is 4.98 Å². The third-order valence-corrected chi connectivity index (χ3v) is 12.7. The van der Waals surface area contributed by atoms with Gasteiger partial charge in [0.25, 0.3) is 0 Å². The molecular formula is C59H49N5. The van der Waals surface area contributed by atoms with Gasteiger partial charge in [0.15, 0.2) is 11.6 Å². The Morgan fingerprint density at radius 3 is 1.52 bits per heavy atom. The van der Waals surface area contributed by atoms with Crippen LogP contribution < -0.4 is 0 Å². The zero-order valence-corrected chi connectivity index (χ0v) is 36.4. The maximum absolute atomic E-state index is 5.49. The Kier molecular flexibility index (Phi) is 10.4. The number of hydrogen-bond donors (Lipinski definition) is 0. The topological polar surface area (TPSA) is 48.5 Å². The number of para-hydroxylation sites is 1. The molecule has 0 aliphatic carbocycles. The summed E-state index contributed by atoms with van der Waals surface area (Å²) in [7, 11) is 0. The summed E-state index contributed by atoms with van der Waals surface area (Å²) in [6.45, 7) is 4.53. The van der Waals surface area contributed by atoms with Gasteiger partial charge in [0, 0.05) is 38.4 Å². The van der Waals surface area contributed by atoms with Crippen LogP contribution in [0, 0.1) is 0 Å². The van der Waals surface area contributed by atoms with Gasteiger partial charge >= 0.3 is 0 Å². The number of fused-ring (bicyclic) bond motifs is 7. The minimum atomic E-state index is 0.594. The van der Waals surface area contributed by atoms with Crippen molar-refractivity contribution in [3.8, 4) is 56.7 Å². The van der Waals surface area contributed by atoms with Crippen LogP contribution in [0.3, 0.4) is 0 Å². The van der Waals surface area contributed by atoms with E-state index in [2.05, 4.69) is 205 Å². The molecule has 3 aromatic heterocycles. The lowest BCUT2D eigenvalue weighted by Gasteiger charge is -2.13. The summed E-state index contributed by atoms with van der Waals surface area (Å²) in [5.41, 5.74) is 14.8. The number of nitrogens with zero attached hydrogens (tertiary/aromatic N) is 5. The van der Waals surface area contributed by atoms with Crippen molar-refractivity contribution in [2.24, 2.45) is 0 Å². The van der Waals surface area contributed by atoms with Crippen LogP contribution in [0.1, 0.15) is 50.7 Å². The maximum Gasteiger partial charge on any atom is 0.238 e. The quantitative estimate of drug-likeness (QED) is 0.123. The van der Waals surface area contributed by atoms with E-state index in [1.807, 2.05) is 6.07 Å². The first kappa shape index (κ1) is 39.2. The van der Waals surface area contributed by atoms with Gasteiger partial charge < -0.3 is 4.57 Å². The van der Waals surface area contributed by atoms with Crippen molar-refractivity contribution in [2.75, 3.05) is 0 Å². The molecule has 0 unspecified atom stereocenters. The van der Waals surface area contributed by atoms with E-state index >= 15 is 0 Å². The first-order chi connectivity index (χ1) is 31.6. The van der Waals surface area contributed by atoms with E-state index in [0.29, 0.717) is 17.6 Å². The molecule has 3 heterocycles. The molecule has 0 fully saturated rings. The van der Waals surface area contributed by atoms with Crippen molar-refractivity contribution < 1.29 is 0 Å². The molecule has 0 atom stereocenters. The number of aryl methyl sites for hydroxylation is 2. The highest BCUT2D eigenvalue weighted by Crippen LogP contribution is 2.43. The molecule has 8 aromatic carbocycles. The highest BCUT2D eigenvalue weighted by molar-refractivity contribution is 6.26. The predicted molar refractivity (Wildman–Crippen MR) is 267 cm³/mol. The summed E-state index contributed by atoms with van der Waals surface area (Å²) in [4.78, 5) is 16.1. The van der Waals surface area contributed by atoms with Crippen molar-refractivity contribution in [1.29, 1.82) is 0 Å². The molecule has 0 spiro atoms. The van der Waals surface area contributed by atoms with Crippen LogP contribution in [0.4, 0.5) is 0 Å². The number of benzene rings is 8. The monoisotopic (exact) mass is 827 g/mol. The highest BCUT2D eigenvalue weighted by Gasteiger charge is 2.24. The number of hydrogen-bond acceptors (Lipinski definition) is 3. The summed E-state index contributed by atoms with van der Waals surface area (Å²) in [5, 5.41) is 4.83. The van der Waals surface area contributed by atoms with Crippen LogP contribution >= 0.6 is 0 Å². The van der Waals surface area contributed by atoms with E-state index in [1.54, 1.807) is 0 Å². The van der Waals surface area contributed by atoms with E-state index in [4.69, 9.17) is 15.0 Å². The fourth-order valence-corrected chi connectivity index (χ4v) is 9.50. The summed E-state index contributed by atoms with van der Waals surface area (Å²) in [6.07, 6.45) is 6.67. The Morgan fingerprint density at radius 1 is 0.375 bits per heavy atom. The maximum atomic E-state index is 5.49. The van der Waals surface area contributed by atoms with E-state index in [-0.39, 0.29) is 0 Å². The molecule has 5 heteroatoms. The molecule has 0 aliphatic rings. The van der Waals surface area contributed by atoms with Crippen LogP contribution in [0.5, 0.6) is 0 Å². The summed E-state index contributed by atoms with van der Waals surface area (Å²) in [6, 6.07) is 67.7. The summed E-state index contributed by atoms with van der Waals surface area (Å²) >= 11 is 0. The lowest BCUT2D eigenvalue weighted by molar-refractivity contribution is 0.796. The SMILES string of the molecule is CCCCc1ccc2c(c1)c1c(ccc3c4cc(CCCC)ccc4n(-c4nc(-c5ccccc5)nc(-c5cccc(-c6cccc(-c7ccccc7)c6)c5)n4)c31)n2-c1ccccc1. The van der Waals surface area contributed by atoms with Crippen LogP contribution in [-0.4, -0.2) is 24.1 Å².